The summed E-state index contributed by atoms with van der Waals surface area (Å²) in [7, 11) is 0. The zero-order valence-electron chi connectivity index (χ0n) is 13.0. The number of hydrogen-bond donors (Lipinski definition) is 2. The van der Waals surface area contributed by atoms with E-state index in [1.807, 2.05) is 36.4 Å². The topological polar surface area (TPSA) is 69.6 Å². The molecule has 0 saturated heterocycles. The van der Waals surface area contributed by atoms with Gasteiger partial charge in [0.2, 0.25) is 0 Å². The third-order valence-corrected chi connectivity index (χ3v) is 3.59. The molecule has 2 aromatic carbocycles. The molecule has 5 heteroatoms. The molecule has 2 rings (SSSR count). The number of aliphatic carboxylic acids is 1. The van der Waals surface area contributed by atoms with Gasteiger partial charge < -0.3 is 15.3 Å². The van der Waals surface area contributed by atoms with Crippen LogP contribution in [0.5, 0.6) is 0 Å². The first kappa shape index (κ1) is 16.5. The van der Waals surface area contributed by atoms with Crippen molar-refractivity contribution in [3.63, 3.8) is 0 Å². The van der Waals surface area contributed by atoms with Crippen LogP contribution in [-0.2, 0) is 4.79 Å². The first-order valence-corrected chi connectivity index (χ1v) is 7.47. The van der Waals surface area contributed by atoms with E-state index < -0.39 is 12.0 Å². The van der Waals surface area contributed by atoms with Crippen molar-refractivity contribution in [3.8, 4) is 0 Å². The lowest BCUT2D eigenvalue weighted by Gasteiger charge is -2.28. The van der Waals surface area contributed by atoms with Crippen molar-refractivity contribution in [1.82, 2.24) is 5.32 Å². The van der Waals surface area contributed by atoms with Gasteiger partial charge in [-0.15, -0.1) is 0 Å². The lowest BCUT2D eigenvalue weighted by Crippen LogP contribution is -2.43. The van der Waals surface area contributed by atoms with Crippen molar-refractivity contribution in [2.45, 2.75) is 13.0 Å². The molecule has 1 atom stereocenters. The molecular weight excluding hydrogens is 292 g/mol. The van der Waals surface area contributed by atoms with E-state index in [0.29, 0.717) is 18.7 Å². The van der Waals surface area contributed by atoms with E-state index in [-0.39, 0.29) is 5.91 Å². The van der Waals surface area contributed by atoms with Gasteiger partial charge in [-0.3, -0.25) is 4.79 Å². The van der Waals surface area contributed by atoms with Gasteiger partial charge >= 0.3 is 5.97 Å². The molecule has 0 aliphatic carbocycles. The molecule has 0 fully saturated rings. The fourth-order valence-electron chi connectivity index (χ4n) is 2.28. The van der Waals surface area contributed by atoms with E-state index in [4.69, 9.17) is 0 Å². The van der Waals surface area contributed by atoms with Gasteiger partial charge in [0, 0.05) is 24.3 Å². The maximum Gasteiger partial charge on any atom is 0.326 e. The summed E-state index contributed by atoms with van der Waals surface area (Å²) < 4.78 is 0. The van der Waals surface area contributed by atoms with Crippen molar-refractivity contribution >= 4 is 17.6 Å². The Morgan fingerprint density at radius 3 is 2.17 bits per heavy atom. The third kappa shape index (κ3) is 4.57. The lowest BCUT2D eigenvalue weighted by molar-refractivity contribution is -0.138. The summed E-state index contributed by atoms with van der Waals surface area (Å²) in [4.78, 5) is 25.1. The number of anilines is 1. The van der Waals surface area contributed by atoms with Gasteiger partial charge in [-0.05, 0) is 31.2 Å². The molecule has 23 heavy (non-hydrogen) atoms. The minimum absolute atomic E-state index is 0.165. The Hall–Kier alpha value is -2.82. The zero-order chi connectivity index (χ0) is 16.7. The minimum Gasteiger partial charge on any atom is -0.480 e. The average Bonchev–Trinajstić information content (AvgIpc) is 2.59. The fraction of sp³-hybridized carbons (Fsp3) is 0.222. The van der Waals surface area contributed by atoms with Gasteiger partial charge in [0.25, 0.3) is 5.91 Å². The highest BCUT2D eigenvalue weighted by Crippen LogP contribution is 2.16. The smallest absolute Gasteiger partial charge is 0.326 e. The number of nitrogens with one attached hydrogen (secondary N) is 1. The Morgan fingerprint density at radius 1 is 1.04 bits per heavy atom. The van der Waals surface area contributed by atoms with Crippen molar-refractivity contribution in [1.29, 1.82) is 0 Å². The lowest BCUT2D eigenvalue weighted by atomic mass is 10.2. The van der Waals surface area contributed by atoms with Crippen LogP contribution < -0.4 is 10.2 Å². The predicted molar refractivity (Wildman–Crippen MR) is 89.7 cm³/mol. The molecule has 5 nitrogen and oxygen atoms in total. The normalized spacial score (nSPS) is 11.5. The number of amides is 1. The summed E-state index contributed by atoms with van der Waals surface area (Å²) in [5.41, 5.74) is 1.40. The monoisotopic (exact) mass is 312 g/mol. The number of nitrogens with zero attached hydrogens (tertiary/aromatic N) is 1. The third-order valence-electron chi connectivity index (χ3n) is 3.59. The van der Waals surface area contributed by atoms with Crippen molar-refractivity contribution in [2.24, 2.45) is 0 Å². The maximum atomic E-state index is 12.0. The first-order valence-electron chi connectivity index (χ1n) is 7.47. The van der Waals surface area contributed by atoms with Crippen molar-refractivity contribution in [3.05, 3.63) is 66.2 Å². The molecule has 0 spiro atoms. The van der Waals surface area contributed by atoms with Crippen LogP contribution >= 0.6 is 0 Å². The van der Waals surface area contributed by atoms with Crippen LogP contribution in [-0.4, -0.2) is 36.1 Å². The van der Waals surface area contributed by atoms with Gasteiger partial charge in [-0.1, -0.05) is 36.4 Å². The van der Waals surface area contributed by atoms with Crippen molar-refractivity contribution < 1.29 is 14.7 Å². The van der Waals surface area contributed by atoms with Gasteiger partial charge in [0.15, 0.2) is 0 Å². The van der Waals surface area contributed by atoms with Gasteiger partial charge in [0.05, 0.1) is 0 Å². The Kier molecular flexibility index (Phi) is 5.74. The highest BCUT2D eigenvalue weighted by Gasteiger charge is 2.20. The number of carboxylic acid groups (broad SMARTS) is 1. The highest BCUT2D eigenvalue weighted by molar-refractivity contribution is 5.94. The molecule has 0 bridgehead atoms. The van der Waals surface area contributed by atoms with Gasteiger partial charge in [0.1, 0.15) is 6.04 Å². The van der Waals surface area contributed by atoms with E-state index in [0.717, 1.165) is 5.69 Å². The van der Waals surface area contributed by atoms with E-state index in [9.17, 15) is 14.7 Å². The summed E-state index contributed by atoms with van der Waals surface area (Å²) in [5.74, 6) is -1.06. The summed E-state index contributed by atoms with van der Waals surface area (Å²) in [6, 6.07) is 17.6. The summed E-state index contributed by atoms with van der Waals surface area (Å²) in [5, 5.41) is 12.1. The minimum atomic E-state index is -0.900. The Labute approximate surface area is 135 Å². The molecule has 0 unspecified atom stereocenters. The number of carbonyl (C=O) groups is 2. The first-order chi connectivity index (χ1) is 11.1. The quantitative estimate of drug-likeness (QED) is 0.823. The van der Waals surface area contributed by atoms with Crippen LogP contribution in [0, 0.1) is 0 Å². The average molecular weight is 312 g/mol. The zero-order valence-corrected chi connectivity index (χ0v) is 13.0. The van der Waals surface area contributed by atoms with Gasteiger partial charge in [-0.2, -0.15) is 0 Å². The number of carboxylic acids is 1. The fourth-order valence-corrected chi connectivity index (χ4v) is 2.28. The largest absolute Gasteiger partial charge is 0.480 e. The number of para-hydroxylation sites is 1. The Morgan fingerprint density at radius 2 is 1.61 bits per heavy atom. The van der Waals surface area contributed by atoms with Crippen molar-refractivity contribution in [2.75, 3.05) is 18.0 Å². The van der Waals surface area contributed by atoms with Crippen LogP contribution in [0.15, 0.2) is 60.7 Å². The van der Waals surface area contributed by atoms with E-state index in [1.54, 1.807) is 36.1 Å². The molecule has 0 aromatic heterocycles. The number of carbonyl (C=O) groups excluding carboxylic acids is 1. The molecule has 0 aliphatic heterocycles. The Bertz CT molecular complexity index is 644. The molecular formula is C18H20N2O3. The summed E-state index contributed by atoms with van der Waals surface area (Å²) >= 11 is 0. The van der Waals surface area contributed by atoms with E-state index >= 15 is 0 Å². The second kappa shape index (κ2) is 7.98. The van der Waals surface area contributed by atoms with Crippen LogP contribution in [0.4, 0.5) is 5.69 Å². The molecule has 2 N–H and O–H groups in total. The SMILES string of the molecule is C[C@@H](C(=O)O)N(CCNC(=O)c1ccccc1)c1ccccc1. The molecule has 120 valence electrons. The van der Waals surface area contributed by atoms with E-state index in [2.05, 4.69) is 5.32 Å². The van der Waals surface area contributed by atoms with Gasteiger partial charge in [-0.25, -0.2) is 4.79 Å². The van der Waals surface area contributed by atoms with E-state index in [1.165, 1.54) is 0 Å². The highest BCUT2D eigenvalue weighted by atomic mass is 16.4. The van der Waals surface area contributed by atoms with Crippen LogP contribution in [0.1, 0.15) is 17.3 Å². The van der Waals surface area contributed by atoms with Crippen LogP contribution in [0.2, 0.25) is 0 Å². The van der Waals surface area contributed by atoms with Crippen LogP contribution in [0.25, 0.3) is 0 Å². The number of benzene rings is 2. The standard InChI is InChI=1S/C18H20N2O3/c1-14(18(22)23)20(16-10-6-3-7-11-16)13-12-19-17(21)15-8-4-2-5-9-15/h2-11,14H,12-13H2,1H3,(H,19,21)(H,22,23)/t14-/m0/s1. The molecule has 0 heterocycles. The number of hydrogen-bond acceptors (Lipinski definition) is 3. The Balaban J connectivity index is 1.99. The number of rotatable bonds is 7. The molecule has 0 radical (unpaired) electrons. The summed E-state index contributed by atoms with van der Waals surface area (Å²) in [6.45, 7) is 2.41. The summed E-state index contributed by atoms with van der Waals surface area (Å²) in [6.07, 6.45) is 0. The van der Waals surface area contributed by atoms with Crippen LogP contribution in [0.3, 0.4) is 0 Å². The molecule has 2 aromatic rings. The second-order valence-corrected chi connectivity index (χ2v) is 5.17. The molecule has 0 aliphatic rings. The predicted octanol–water partition coefficient (Wildman–Crippen LogP) is 2.40. The molecule has 0 saturated carbocycles. The maximum absolute atomic E-state index is 12.0. The second-order valence-electron chi connectivity index (χ2n) is 5.17. The molecule has 1 amide bonds.